The Labute approximate surface area is 156 Å². The van der Waals surface area contributed by atoms with Gasteiger partial charge < -0.3 is 24.7 Å². The van der Waals surface area contributed by atoms with Gasteiger partial charge in [0.1, 0.15) is 11.5 Å². The van der Waals surface area contributed by atoms with Crippen molar-refractivity contribution in [3.8, 4) is 5.75 Å². The lowest BCUT2D eigenvalue weighted by Crippen LogP contribution is -2.27. The Balaban J connectivity index is 1.65. The van der Waals surface area contributed by atoms with E-state index in [0.717, 1.165) is 0 Å². The first-order chi connectivity index (χ1) is 13.0. The highest BCUT2D eigenvalue weighted by Gasteiger charge is 2.34. The van der Waals surface area contributed by atoms with Gasteiger partial charge in [-0.1, -0.05) is 0 Å². The Morgan fingerprint density at radius 3 is 2.78 bits per heavy atom. The molecule has 142 valence electrons. The van der Waals surface area contributed by atoms with E-state index in [4.69, 9.17) is 9.15 Å². The lowest BCUT2D eigenvalue weighted by Gasteiger charge is -2.16. The van der Waals surface area contributed by atoms with Crippen molar-refractivity contribution in [2.24, 2.45) is 5.92 Å². The molecule has 0 unspecified atom stereocenters. The number of hydrogen-bond acceptors (Lipinski definition) is 5. The number of hydrogen-bond donors (Lipinski definition) is 2. The summed E-state index contributed by atoms with van der Waals surface area (Å²) in [6.07, 6.45) is 1.71. The largest absolute Gasteiger partial charge is 0.495 e. The molecule has 0 spiro atoms. The van der Waals surface area contributed by atoms with Crippen molar-refractivity contribution < 1.29 is 23.5 Å². The van der Waals surface area contributed by atoms with Crippen LogP contribution < -0.4 is 15.4 Å². The number of anilines is 2. The first kappa shape index (κ1) is 18.5. The first-order valence-corrected chi connectivity index (χ1v) is 8.53. The minimum absolute atomic E-state index is 0.0831. The quantitative estimate of drug-likeness (QED) is 0.811. The van der Waals surface area contributed by atoms with Crippen LogP contribution in [0.2, 0.25) is 0 Å². The van der Waals surface area contributed by atoms with Crippen LogP contribution in [0, 0.1) is 5.92 Å². The van der Waals surface area contributed by atoms with E-state index in [1.807, 2.05) is 0 Å². The fourth-order valence-corrected chi connectivity index (χ4v) is 3.01. The van der Waals surface area contributed by atoms with Gasteiger partial charge in [-0.2, -0.15) is 0 Å². The van der Waals surface area contributed by atoms with Crippen LogP contribution in [-0.4, -0.2) is 36.3 Å². The van der Waals surface area contributed by atoms with Gasteiger partial charge in [0.25, 0.3) is 0 Å². The lowest BCUT2D eigenvalue weighted by molar-refractivity contribution is -0.128. The molecule has 1 atom stereocenters. The second kappa shape index (κ2) is 7.94. The van der Waals surface area contributed by atoms with Crippen LogP contribution >= 0.6 is 0 Å². The van der Waals surface area contributed by atoms with Crippen LogP contribution in [0.5, 0.6) is 5.75 Å². The molecule has 0 saturated carbocycles. The van der Waals surface area contributed by atoms with Crippen LogP contribution in [0.15, 0.2) is 41.0 Å². The number of nitrogens with one attached hydrogen (secondary N) is 2. The van der Waals surface area contributed by atoms with E-state index in [1.165, 1.54) is 14.0 Å². The molecule has 0 aliphatic carbocycles. The monoisotopic (exact) mass is 371 g/mol. The molecular formula is C19H21N3O5. The molecule has 1 aromatic carbocycles. The molecule has 0 radical (unpaired) electrons. The Bertz CT molecular complexity index is 847. The number of rotatable bonds is 6. The Kier molecular flexibility index (Phi) is 5.44. The zero-order valence-corrected chi connectivity index (χ0v) is 15.2. The van der Waals surface area contributed by atoms with Gasteiger partial charge >= 0.3 is 0 Å². The third kappa shape index (κ3) is 4.46. The van der Waals surface area contributed by atoms with Gasteiger partial charge in [0, 0.05) is 25.6 Å². The van der Waals surface area contributed by atoms with Gasteiger partial charge in [0.05, 0.1) is 31.5 Å². The molecule has 2 aromatic rings. The third-order valence-electron chi connectivity index (χ3n) is 4.29. The lowest BCUT2D eigenvalue weighted by atomic mass is 10.1. The summed E-state index contributed by atoms with van der Waals surface area (Å²) in [4.78, 5) is 37.7. The number of methoxy groups -OCH3 is 1. The van der Waals surface area contributed by atoms with Gasteiger partial charge in [-0.3, -0.25) is 14.4 Å². The zero-order chi connectivity index (χ0) is 19.4. The van der Waals surface area contributed by atoms with Crippen LogP contribution in [0.1, 0.15) is 19.1 Å². The van der Waals surface area contributed by atoms with E-state index in [0.29, 0.717) is 36.0 Å². The van der Waals surface area contributed by atoms with Gasteiger partial charge in [-0.05, 0) is 30.3 Å². The summed E-state index contributed by atoms with van der Waals surface area (Å²) in [6, 6.07) is 8.51. The molecule has 8 nitrogen and oxygen atoms in total. The highest BCUT2D eigenvalue weighted by molar-refractivity contribution is 5.98. The van der Waals surface area contributed by atoms with Crippen LogP contribution in [0.4, 0.5) is 11.4 Å². The molecule has 2 N–H and O–H groups in total. The normalized spacial score (nSPS) is 16.3. The summed E-state index contributed by atoms with van der Waals surface area (Å²) >= 11 is 0. The van der Waals surface area contributed by atoms with Crippen molar-refractivity contribution in [1.29, 1.82) is 0 Å². The van der Waals surface area contributed by atoms with Crippen molar-refractivity contribution in [3.63, 3.8) is 0 Å². The number of furan rings is 1. The average molecular weight is 371 g/mol. The Hall–Kier alpha value is -3.29. The number of amides is 3. The van der Waals surface area contributed by atoms with E-state index in [2.05, 4.69) is 10.6 Å². The second-order valence-electron chi connectivity index (χ2n) is 6.34. The van der Waals surface area contributed by atoms with Crippen molar-refractivity contribution in [3.05, 3.63) is 42.4 Å². The maximum absolute atomic E-state index is 12.6. The standard InChI is InChI=1S/C19H21N3O5/c1-12(23)20-16-9-14(5-6-17(16)26-2)21-19(25)13-8-18(24)22(10-13)11-15-4-3-7-27-15/h3-7,9,13H,8,10-11H2,1-2H3,(H,20,23)(H,21,25)/t13-/m0/s1. The molecule has 8 heteroatoms. The summed E-state index contributed by atoms with van der Waals surface area (Å²) < 4.78 is 10.5. The molecule has 2 heterocycles. The SMILES string of the molecule is COc1ccc(NC(=O)[C@H]2CC(=O)N(Cc3ccco3)C2)cc1NC(C)=O. The molecule has 1 fully saturated rings. The van der Waals surface area contributed by atoms with Crippen LogP contribution in [-0.2, 0) is 20.9 Å². The highest BCUT2D eigenvalue weighted by atomic mass is 16.5. The molecule has 0 bridgehead atoms. The zero-order valence-electron chi connectivity index (χ0n) is 15.2. The third-order valence-corrected chi connectivity index (χ3v) is 4.29. The average Bonchev–Trinajstić information content (AvgIpc) is 3.25. The summed E-state index contributed by atoms with van der Waals surface area (Å²) in [5.74, 6) is 0.151. The highest BCUT2D eigenvalue weighted by Crippen LogP contribution is 2.29. The van der Waals surface area contributed by atoms with E-state index >= 15 is 0 Å². The number of benzene rings is 1. The number of ether oxygens (including phenoxy) is 1. The van der Waals surface area contributed by atoms with Crippen molar-refractivity contribution >= 4 is 29.1 Å². The smallest absolute Gasteiger partial charge is 0.229 e. The van der Waals surface area contributed by atoms with Crippen LogP contribution in [0.25, 0.3) is 0 Å². The molecule has 1 saturated heterocycles. The molecule has 3 rings (SSSR count). The van der Waals surface area contributed by atoms with Crippen molar-refractivity contribution in [2.45, 2.75) is 19.9 Å². The summed E-state index contributed by atoms with van der Waals surface area (Å²) in [7, 11) is 1.50. The van der Waals surface area contributed by atoms with Crippen molar-refractivity contribution in [1.82, 2.24) is 4.90 Å². The number of nitrogens with zero attached hydrogens (tertiary/aromatic N) is 1. The molecule has 3 amide bonds. The summed E-state index contributed by atoms with van der Waals surface area (Å²) in [5.41, 5.74) is 0.978. The van der Waals surface area contributed by atoms with Gasteiger partial charge in [0.15, 0.2) is 0 Å². The van der Waals surface area contributed by atoms with E-state index < -0.39 is 5.92 Å². The predicted molar refractivity (Wildman–Crippen MR) is 98.2 cm³/mol. The minimum atomic E-state index is -0.446. The minimum Gasteiger partial charge on any atom is -0.495 e. The maximum atomic E-state index is 12.6. The van der Waals surface area contributed by atoms with E-state index in [1.54, 1.807) is 41.5 Å². The van der Waals surface area contributed by atoms with Gasteiger partial charge in [-0.15, -0.1) is 0 Å². The van der Waals surface area contributed by atoms with E-state index in [9.17, 15) is 14.4 Å². The molecule has 1 aliphatic rings. The van der Waals surface area contributed by atoms with Gasteiger partial charge in [-0.25, -0.2) is 0 Å². The van der Waals surface area contributed by atoms with Crippen molar-refractivity contribution in [2.75, 3.05) is 24.3 Å². The second-order valence-corrected chi connectivity index (χ2v) is 6.34. The molecule has 27 heavy (non-hydrogen) atoms. The fourth-order valence-electron chi connectivity index (χ4n) is 3.01. The predicted octanol–water partition coefficient (Wildman–Crippen LogP) is 2.23. The molecular weight excluding hydrogens is 350 g/mol. The summed E-state index contributed by atoms with van der Waals surface area (Å²) in [5, 5.41) is 5.46. The Morgan fingerprint density at radius 1 is 1.30 bits per heavy atom. The summed E-state index contributed by atoms with van der Waals surface area (Å²) in [6.45, 7) is 2.08. The maximum Gasteiger partial charge on any atom is 0.229 e. The number of likely N-dealkylation sites (tertiary alicyclic amines) is 1. The fraction of sp³-hybridized carbons (Fsp3) is 0.316. The Morgan fingerprint density at radius 2 is 2.11 bits per heavy atom. The molecule has 1 aromatic heterocycles. The van der Waals surface area contributed by atoms with Gasteiger partial charge in [0.2, 0.25) is 17.7 Å². The van der Waals surface area contributed by atoms with E-state index in [-0.39, 0.29) is 24.1 Å². The first-order valence-electron chi connectivity index (χ1n) is 8.53. The molecule has 1 aliphatic heterocycles. The topological polar surface area (TPSA) is 101 Å². The van der Waals surface area contributed by atoms with Crippen LogP contribution in [0.3, 0.4) is 0 Å². The number of carbonyl (C=O) groups excluding carboxylic acids is 3. The number of carbonyl (C=O) groups is 3.